The smallest absolute Gasteiger partial charge is 0.128 e. The van der Waals surface area contributed by atoms with Crippen molar-refractivity contribution >= 4 is 0 Å². The topological polar surface area (TPSA) is 42.2 Å². The molecule has 0 fully saturated rings. The molecule has 2 rings (SSSR count). The Hall–Kier alpha value is -1.78. The zero-order valence-corrected chi connectivity index (χ0v) is 11.7. The molecule has 2 aromatic rings. The van der Waals surface area contributed by atoms with Crippen molar-refractivity contribution in [2.75, 3.05) is 13.1 Å². The van der Waals surface area contributed by atoms with E-state index in [2.05, 4.69) is 9.88 Å². The van der Waals surface area contributed by atoms with Gasteiger partial charge in [-0.2, -0.15) is 0 Å². The Balaban J connectivity index is 2.22. The lowest BCUT2D eigenvalue weighted by atomic mass is 10.0. The Bertz CT molecular complexity index is 530. The van der Waals surface area contributed by atoms with Gasteiger partial charge in [-0.25, -0.2) is 4.39 Å². The summed E-state index contributed by atoms with van der Waals surface area (Å²) in [7, 11) is 0. The van der Waals surface area contributed by atoms with E-state index in [4.69, 9.17) is 5.73 Å². The van der Waals surface area contributed by atoms with E-state index in [0.717, 1.165) is 12.2 Å². The van der Waals surface area contributed by atoms with Crippen LogP contribution in [0.5, 0.6) is 0 Å². The lowest BCUT2D eigenvalue weighted by molar-refractivity contribution is 0.197. The lowest BCUT2D eigenvalue weighted by Crippen LogP contribution is -2.34. The fraction of sp³-hybridized carbons (Fsp3) is 0.312. The van der Waals surface area contributed by atoms with E-state index >= 15 is 0 Å². The van der Waals surface area contributed by atoms with Crippen LogP contribution in [0.2, 0.25) is 0 Å². The molecule has 1 aromatic carbocycles. The Morgan fingerprint density at radius 2 is 1.95 bits per heavy atom. The quantitative estimate of drug-likeness (QED) is 0.880. The van der Waals surface area contributed by atoms with Crippen molar-refractivity contribution in [1.29, 1.82) is 0 Å². The van der Waals surface area contributed by atoms with E-state index < -0.39 is 0 Å². The number of nitrogens with zero attached hydrogens (tertiary/aromatic N) is 2. The Morgan fingerprint density at radius 1 is 1.20 bits per heavy atom. The third-order valence-electron chi connectivity index (χ3n) is 3.43. The number of benzene rings is 1. The van der Waals surface area contributed by atoms with Gasteiger partial charge in [0.25, 0.3) is 0 Å². The van der Waals surface area contributed by atoms with E-state index in [1.807, 2.05) is 31.2 Å². The van der Waals surface area contributed by atoms with Gasteiger partial charge in [0, 0.05) is 24.8 Å². The molecule has 0 saturated carbocycles. The maximum absolute atomic E-state index is 14.0. The molecule has 1 aromatic heterocycles. The predicted molar refractivity (Wildman–Crippen MR) is 78.5 cm³/mol. The molecule has 0 bridgehead atoms. The first-order valence-corrected chi connectivity index (χ1v) is 6.84. The first-order chi connectivity index (χ1) is 9.76. The first kappa shape index (κ1) is 14.6. The molecule has 0 aliphatic heterocycles. The fourth-order valence-electron chi connectivity index (χ4n) is 2.36. The van der Waals surface area contributed by atoms with Gasteiger partial charge in [-0.3, -0.25) is 9.88 Å². The number of hydrogen-bond donors (Lipinski definition) is 1. The van der Waals surface area contributed by atoms with Gasteiger partial charge in [-0.1, -0.05) is 31.2 Å². The molecule has 0 radical (unpaired) electrons. The highest BCUT2D eigenvalue weighted by atomic mass is 19.1. The summed E-state index contributed by atoms with van der Waals surface area (Å²) in [6.07, 6.45) is 1.77. The minimum Gasteiger partial charge on any atom is -0.329 e. The summed E-state index contributed by atoms with van der Waals surface area (Å²) in [4.78, 5) is 6.46. The summed E-state index contributed by atoms with van der Waals surface area (Å²) in [5.41, 5.74) is 7.48. The maximum Gasteiger partial charge on any atom is 0.128 e. The Morgan fingerprint density at radius 3 is 2.55 bits per heavy atom. The molecule has 0 aliphatic carbocycles. The monoisotopic (exact) mass is 273 g/mol. The van der Waals surface area contributed by atoms with Gasteiger partial charge in [-0.05, 0) is 24.7 Å². The molecule has 106 valence electrons. The molecule has 20 heavy (non-hydrogen) atoms. The molecule has 0 saturated heterocycles. The van der Waals surface area contributed by atoms with Crippen molar-refractivity contribution in [3.8, 4) is 0 Å². The molecule has 0 aliphatic rings. The zero-order chi connectivity index (χ0) is 14.4. The third-order valence-corrected chi connectivity index (χ3v) is 3.43. The van der Waals surface area contributed by atoms with Gasteiger partial charge in [0.15, 0.2) is 0 Å². The summed E-state index contributed by atoms with van der Waals surface area (Å²) in [6, 6.07) is 12.5. The van der Waals surface area contributed by atoms with Crippen molar-refractivity contribution in [1.82, 2.24) is 9.88 Å². The molecule has 4 heteroatoms. The van der Waals surface area contributed by atoms with E-state index in [1.54, 1.807) is 18.3 Å². The van der Waals surface area contributed by atoms with Crippen LogP contribution < -0.4 is 5.73 Å². The van der Waals surface area contributed by atoms with Crippen LogP contribution in [0.4, 0.5) is 4.39 Å². The number of rotatable bonds is 6. The highest BCUT2D eigenvalue weighted by Gasteiger charge is 2.20. The van der Waals surface area contributed by atoms with Crippen molar-refractivity contribution < 1.29 is 4.39 Å². The highest BCUT2D eigenvalue weighted by Crippen LogP contribution is 2.23. The van der Waals surface area contributed by atoms with Crippen molar-refractivity contribution in [2.24, 2.45) is 5.73 Å². The van der Waals surface area contributed by atoms with Crippen molar-refractivity contribution in [3.05, 3.63) is 65.7 Å². The van der Waals surface area contributed by atoms with Gasteiger partial charge < -0.3 is 5.73 Å². The van der Waals surface area contributed by atoms with Gasteiger partial charge in [0.05, 0.1) is 11.7 Å². The summed E-state index contributed by atoms with van der Waals surface area (Å²) in [5, 5.41) is 0. The van der Waals surface area contributed by atoms with Gasteiger partial charge >= 0.3 is 0 Å². The number of aromatic nitrogens is 1. The van der Waals surface area contributed by atoms with Crippen LogP contribution in [-0.4, -0.2) is 23.0 Å². The normalized spacial score (nSPS) is 12.6. The first-order valence-electron chi connectivity index (χ1n) is 6.84. The molecule has 0 spiro atoms. The Labute approximate surface area is 119 Å². The van der Waals surface area contributed by atoms with Gasteiger partial charge in [-0.15, -0.1) is 0 Å². The second-order valence-electron chi connectivity index (χ2n) is 4.66. The van der Waals surface area contributed by atoms with Crippen molar-refractivity contribution in [2.45, 2.75) is 19.5 Å². The van der Waals surface area contributed by atoms with Crippen molar-refractivity contribution in [3.63, 3.8) is 0 Å². The molecule has 1 unspecified atom stereocenters. The molecule has 2 N–H and O–H groups in total. The number of halogens is 1. The SMILES string of the molecule is CCN(Cc1ccccn1)C(CN)c1ccccc1F. The highest BCUT2D eigenvalue weighted by molar-refractivity contribution is 5.22. The minimum absolute atomic E-state index is 0.136. The predicted octanol–water partition coefficient (Wildman–Crippen LogP) is 2.74. The standard InChI is InChI=1S/C16H20FN3/c1-2-20(12-13-7-5-6-10-19-13)16(11-18)14-8-3-4-9-15(14)17/h3-10,16H,2,11-12,18H2,1H3. The second-order valence-corrected chi connectivity index (χ2v) is 4.66. The van der Waals surface area contributed by atoms with Gasteiger partial charge in [0.1, 0.15) is 5.82 Å². The molecule has 1 atom stereocenters. The maximum atomic E-state index is 14.0. The summed E-state index contributed by atoms with van der Waals surface area (Å²) in [6.45, 7) is 3.87. The largest absolute Gasteiger partial charge is 0.329 e. The van der Waals surface area contributed by atoms with Crippen LogP contribution in [0.3, 0.4) is 0 Å². The Kier molecular flexibility index (Phi) is 5.21. The van der Waals surface area contributed by atoms with Crippen LogP contribution in [0.15, 0.2) is 48.7 Å². The molecule has 0 amide bonds. The van der Waals surface area contributed by atoms with Crippen LogP contribution in [-0.2, 0) is 6.54 Å². The van der Waals surface area contributed by atoms with E-state index in [9.17, 15) is 4.39 Å². The molecule has 1 heterocycles. The summed E-state index contributed by atoms with van der Waals surface area (Å²) >= 11 is 0. The average Bonchev–Trinajstić information content (AvgIpc) is 2.49. The van der Waals surface area contributed by atoms with Crippen LogP contribution in [0.25, 0.3) is 0 Å². The minimum atomic E-state index is -0.206. The summed E-state index contributed by atoms with van der Waals surface area (Å²) < 4.78 is 14.0. The third kappa shape index (κ3) is 3.40. The van der Waals surface area contributed by atoms with E-state index in [1.165, 1.54) is 6.07 Å². The van der Waals surface area contributed by atoms with E-state index in [0.29, 0.717) is 18.7 Å². The molecule has 3 nitrogen and oxygen atoms in total. The number of likely N-dealkylation sites (N-methyl/N-ethyl adjacent to an activating group) is 1. The van der Waals surface area contributed by atoms with Crippen LogP contribution in [0, 0.1) is 5.82 Å². The number of nitrogens with two attached hydrogens (primary N) is 1. The average molecular weight is 273 g/mol. The second kappa shape index (κ2) is 7.12. The van der Waals surface area contributed by atoms with Crippen LogP contribution >= 0.6 is 0 Å². The van der Waals surface area contributed by atoms with Crippen LogP contribution in [0.1, 0.15) is 24.2 Å². The molecular formula is C16H20FN3. The number of hydrogen-bond acceptors (Lipinski definition) is 3. The lowest BCUT2D eigenvalue weighted by Gasteiger charge is -2.30. The van der Waals surface area contributed by atoms with E-state index in [-0.39, 0.29) is 11.9 Å². The molecular weight excluding hydrogens is 253 g/mol. The number of pyridine rings is 1. The summed E-state index contributed by atoms with van der Waals surface area (Å²) in [5.74, 6) is -0.206. The zero-order valence-electron chi connectivity index (χ0n) is 11.7. The fourth-order valence-corrected chi connectivity index (χ4v) is 2.36. The van der Waals surface area contributed by atoms with Gasteiger partial charge in [0.2, 0.25) is 0 Å².